The average Bonchev–Trinajstić information content (AvgIpc) is 2.48. The molecule has 0 aromatic heterocycles. The number of piperidine rings is 1. The van der Waals surface area contributed by atoms with E-state index in [0.717, 1.165) is 30.9 Å². The Labute approximate surface area is 127 Å². The van der Waals surface area contributed by atoms with Crippen molar-refractivity contribution in [1.82, 2.24) is 9.80 Å². The minimum Gasteiger partial charge on any atom is -0.492 e. The minimum atomic E-state index is 0.0876. The van der Waals surface area contributed by atoms with Gasteiger partial charge in [-0.2, -0.15) is 0 Å². The molecule has 3 N–H and O–H groups in total. The zero-order chi connectivity index (χ0) is 15.2. The molecule has 1 aliphatic rings. The van der Waals surface area contributed by atoms with Gasteiger partial charge >= 0.3 is 0 Å². The first-order valence-corrected chi connectivity index (χ1v) is 7.52. The maximum atomic E-state index is 7.36. The first kappa shape index (κ1) is 15.8. The van der Waals surface area contributed by atoms with Gasteiger partial charge in [-0.05, 0) is 57.7 Å². The standard InChI is InChI=1S/C16H26N4O/c1-19(2)14-4-3-9-20(12-14)10-11-21-15-7-5-13(6-8-15)16(17)18/h5-8,14H,3-4,9-12H2,1-2H3,(H3,17,18). The van der Waals surface area contributed by atoms with Crippen molar-refractivity contribution in [3.05, 3.63) is 29.8 Å². The van der Waals surface area contributed by atoms with Gasteiger partial charge in [-0.3, -0.25) is 10.3 Å². The summed E-state index contributed by atoms with van der Waals surface area (Å²) < 4.78 is 5.77. The van der Waals surface area contributed by atoms with Gasteiger partial charge in [0.05, 0.1) is 0 Å². The lowest BCUT2D eigenvalue weighted by Crippen LogP contribution is -2.46. The molecule has 1 aromatic carbocycles. The van der Waals surface area contributed by atoms with Gasteiger partial charge in [0.1, 0.15) is 18.2 Å². The van der Waals surface area contributed by atoms with Crippen molar-refractivity contribution in [3.8, 4) is 5.75 Å². The Kier molecular flexibility index (Phi) is 5.59. The summed E-state index contributed by atoms with van der Waals surface area (Å²) in [5.74, 6) is 0.922. The number of amidine groups is 1. The third kappa shape index (κ3) is 4.72. The summed E-state index contributed by atoms with van der Waals surface area (Å²) in [6, 6.07) is 8.04. The average molecular weight is 290 g/mol. The Morgan fingerprint density at radius 1 is 1.38 bits per heavy atom. The van der Waals surface area contributed by atoms with Gasteiger partial charge in [-0.15, -0.1) is 0 Å². The van der Waals surface area contributed by atoms with Gasteiger partial charge in [0, 0.05) is 24.7 Å². The molecule has 1 unspecified atom stereocenters. The monoisotopic (exact) mass is 290 g/mol. The van der Waals surface area contributed by atoms with Crippen LogP contribution < -0.4 is 10.5 Å². The van der Waals surface area contributed by atoms with Crippen LogP contribution in [0.1, 0.15) is 18.4 Å². The van der Waals surface area contributed by atoms with Crippen LogP contribution in [0, 0.1) is 5.41 Å². The van der Waals surface area contributed by atoms with Gasteiger partial charge in [-0.25, -0.2) is 0 Å². The second-order valence-electron chi connectivity index (χ2n) is 5.85. The van der Waals surface area contributed by atoms with Crippen molar-refractivity contribution >= 4 is 5.84 Å². The number of nitrogens with zero attached hydrogens (tertiary/aromatic N) is 2. The number of likely N-dealkylation sites (N-methyl/N-ethyl adjacent to an activating group) is 1. The van der Waals surface area contributed by atoms with E-state index in [1.807, 2.05) is 24.3 Å². The van der Waals surface area contributed by atoms with Gasteiger partial charge in [-0.1, -0.05) is 0 Å². The van der Waals surface area contributed by atoms with Crippen LogP contribution in [0.15, 0.2) is 24.3 Å². The van der Waals surface area contributed by atoms with Crippen LogP contribution in [-0.2, 0) is 0 Å². The fraction of sp³-hybridized carbons (Fsp3) is 0.562. The quantitative estimate of drug-likeness (QED) is 0.613. The number of nitrogen functional groups attached to an aromatic ring is 1. The van der Waals surface area contributed by atoms with E-state index in [2.05, 4.69) is 23.9 Å². The number of benzene rings is 1. The SMILES string of the molecule is CN(C)C1CCCN(CCOc2ccc(C(=N)N)cc2)C1. The summed E-state index contributed by atoms with van der Waals surface area (Å²) in [5.41, 5.74) is 6.16. The van der Waals surface area contributed by atoms with Gasteiger partial charge in [0.15, 0.2) is 0 Å². The molecule has 0 spiro atoms. The lowest BCUT2D eigenvalue weighted by molar-refractivity contribution is 0.117. The summed E-state index contributed by atoms with van der Waals surface area (Å²) >= 11 is 0. The number of likely N-dealkylation sites (tertiary alicyclic amines) is 1. The molecular weight excluding hydrogens is 264 g/mol. The van der Waals surface area contributed by atoms with Crippen molar-refractivity contribution < 1.29 is 4.74 Å². The van der Waals surface area contributed by atoms with Crippen LogP contribution in [0.25, 0.3) is 0 Å². The molecule has 0 radical (unpaired) electrons. The zero-order valence-electron chi connectivity index (χ0n) is 13.0. The fourth-order valence-electron chi connectivity index (χ4n) is 2.68. The zero-order valence-corrected chi connectivity index (χ0v) is 13.0. The largest absolute Gasteiger partial charge is 0.492 e. The molecule has 1 heterocycles. The normalized spacial score (nSPS) is 19.7. The van der Waals surface area contributed by atoms with Crippen molar-refractivity contribution in [2.75, 3.05) is 40.3 Å². The lowest BCUT2D eigenvalue weighted by atomic mass is 10.1. The number of ether oxygens (including phenoxy) is 1. The second kappa shape index (κ2) is 7.43. The third-order valence-electron chi connectivity index (χ3n) is 4.05. The number of nitrogens with one attached hydrogen (secondary N) is 1. The van der Waals surface area contributed by atoms with E-state index in [-0.39, 0.29) is 5.84 Å². The summed E-state index contributed by atoms with van der Waals surface area (Å²) in [7, 11) is 4.31. The van der Waals surface area contributed by atoms with E-state index in [0.29, 0.717) is 12.6 Å². The molecule has 5 heteroatoms. The molecule has 0 saturated carbocycles. The van der Waals surface area contributed by atoms with E-state index < -0.39 is 0 Å². The van der Waals surface area contributed by atoms with E-state index >= 15 is 0 Å². The maximum absolute atomic E-state index is 7.36. The van der Waals surface area contributed by atoms with Gasteiger partial charge < -0.3 is 15.4 Å². The molecular formula is C16H26N4O. The molecule has 5 nitrogen and oxygen atoms in total. The Bertz CT molecular complexity index is 458. The molecule has 2 rings (SSSR count). The van der Waals surface area contributed by atoms with Gasteiger partial charge in [0.25, 0.3) is 0 Å². The molecule has 0 bridgehead atoms. The summed E-state index contributed by atoms with van der Waals surface area (Å²) in [6.07, 6.45) is 2.55. The van der Waals surface area contributed by atoms with E-state index in [9.17, 15) is 0 Å². The number of nitrogens with two attached hydrogens (primary N) is 1. The Morgan fingerprint density at radius 2 is 2.10 bits per heavy atom. The van der Waals surface area contributed by atoms with Crippen LogP contribution in [-0.4, -0.2) is 62.0 Å². The molecule has 1 aromatic rings. The molecule has 1 atom stereocenters. The molecule has 21 heavy (non-hydrogen) atoms. The van der Waals surface area contributed by atoms with Crippen LogP contribution in [0.5, 0.6) is 5.75 Å². The van der Waals surface area contributed by atoms with Crippen LogP contribution in [0.4, 0.5) is 0 Å². The second-order valence-corrected chi connectivity index (χ2v) is 5.85. The predicted molar refractivity (Wildman–Crippen MR) is 86.1 cm³/mol. The highest BCUT2D eigenvalue weighted by atomic mass is 16.5. The van der Waals surface area contributed by atoms with Crippen molar-refractivity contribution in [3.63, 3.8) is 0 Å². The molecule has 1 fully saturated rings. The Morgan fingerprint density at radius 3 is 2.71 bits per heavy atom. The fourth-order valence-corrected chi connectivity index (χ4v) is 2.68. The maximum Gasteiger partial charge on any atom is 0.122 e. The predicted octanol–water partition coefficient (Wildman–Crippen LogP) is 1.38. The number of rotatable bonds is 6. The highest BCUT2D eigenvalue weighted by Crippen LogP contribution is 2.15. The number of hydrogen-bond donors (Lipinski definition) is 2. The Hall–Kier alpha value is -1.59. The molecule has 0 aliphatic carbocycles. The highest BCUT2D eigenvalue weighted by Gasteiger charge is 2.20. The van der Waals surface area contributed by atoms with Gasteiger partial charge in [0.2, 0.25) is 0 Å². The topological polar surface area (TPSA) is 65.6 Å². The first-order chi connectivity index (χ1) is 10.1. The summed E-state index contributed by atoms with van der Waals surface area (Å²) in [5, 5.41) is 7.36. The summed E-state index contributed by atoms with van der Waals surface area (Å²) in [4.78, 5) is 4.78. The van der Waals surface area contributed by atoms with Crippen molar-refractivity contribution in [2.45, 2.75) is 18.9 Å². The molecule has 1 aliphatic heterocycles. The van der Waals surface area contributed by atoms with Crippen LogP contribution >= 0.6 is 0 Å². The molecule has 1 saturated heterocycles. The van der Waals surface area contributed by atoms with Crippen LogP contribution in [0.2, 0.25) is 0 Å². The Balaban J connectivity index is 1.75. The number of hydrogen-bond acceptors (Lipinski definition) is 4. The van der Waals surface area contributed by atoms with Crippen LogP contribution in [0.3, 0.4) is 0 Å². The lowest BCUT2D eigenvalue weighted by Gasteiger charge is -2.36. The molecule has 116 valence electrons. The van der Waals surface area contributed by atoms with Crippen molar-refractivity contribution in [1.29, 1.82) is 5.41 Å². The third-order valence-corrected chi connectivity index (χ3v) is 4.05. The minimum absolute atomic E-state index is 0.0876. The van der Waals surface area contributed by atoms with E-state index in [4.69, 9.17) is 15.9 Å². The highest BCUT2D eigenvalue weighted by molar-refractivity contribution is 5.94. The molecule has 0 amide bonds. The summed E-state index contributed by atoms with van der Waals surface area (Å²) in [6.45, 7) is 3.94. The van der Waals surface area contributed by atoms with Crippen molar-refractivity contribution in [2.24, 2.45) is 5.73 Å². The smallest absolute Gasteiger partial charge is 0.122 e. The van der Waals surface area contributed by atoms with E-state index in [1.54, 1.807) is 0 Å². The first-order valence-electron chi connectivity index (χ1n) is 7.52. The van der Waals surface area contributed by atoms with E-state index in [1.165, 1.54) is 12.8 Å².